The van der Waals surface area contributed by atoms with E-state index in [1.165, 1.54) is 19.3 Å². The van der Waals surface area contributed by atoms with E-state index in [1.54, 1.807) is 6.08 Å². The molecule has 2 aliphatic carbocycles. The maximum atomic E-state index is 11.1. The van der Waals surface area contributed by atoms with Gasteiger partial charge in [-0.05, 0) is 81.1 Å². The van der Waals surface area contributed by atoms with Gasteiger partial charge in [0.25, 0.3) is 0 Å². The number of aldehydes is 1. The topological polar surface area (TPSA) is 37.3 Å². The lowest BCUT2D eigenvalue weighted by Gasteiger charge is -2.61. The molecule has 1 N–H and O–H groups in total. The van der Waals surface area contributed by atoms with Crippen molar-refractivity contribution in [2.45, 2.75) is 85.2 Å². The molecule has 2 nitrogen and oxygen atoms in total. The van der Waals surface area contributed by atoms with Crippen LogP contribution in [0.4, 0.5) is 0 Å². The molecule has 0 unspecified atom stereocenters. The van der Waals surface area contributed by atoms with Gasteiger partial charge in [0.1, 0.15) is 6.29 Å². The molecule has 0 heterocycles. The Morgan fingerprint density at radius 2 is 1.86 bits per heavy atom. The van der Waals surface area contributed by atoms with E-state index in [4.69, 9.17) is 0 Å². The average molecular weight is 306 g/mol. The lowest BCUT2D eigenvalue weighted by Crippen LogP contribution is -2.57. The van der Waals surface area contributed by atoms with Crippen molar-refractivity contribution in [3.63, 3.8) is 0 Å². The Morgan fingerprint density at radius 3 is 2.50 bits per heavy atom. The first-order chi connectivity index (χ1) is 10.1. The molecule has 0 spiro atoms. The first kappa shape index (κ1) is 17.7. The van der Waals surface area contributed by atoms with Crippen LogP contribution in [0.2, 0.25) is 0 Å². The Morgan fingerprint density at radius 1 is 1.18 bits per heavy atom. The summed E-state index contributed by atoms with van der Waals surface area (Å²) in [6.45, 7) is 11.3. The van der Waals surface area contributed by atoms with Gasteiger partial charge in [0.15, 0.2) is 0 Å². The highest BCUT2D eigenvalue weighted by Gasteiger charge is 2.57. The van der Waals surface area contributed by atoms with E-state index >= 15 is 0 Å². The minimum Gasteiger partial charge on any atom is -0.390 e. The monoisotopic (exact) mass is 306 g/mol. The first-order valence-corrected chi connectivity index (χ1v) is 8.97. The average Bonchev–Trinajstić information content (AvgIpc) is 2.36. The zero-order chi connectivity index (χ0) is 16.6. The maximum absolute atomic E-state index is 11.1. The number of hydrogen-bond acceptors (Lipinski definition) is 2. The Labute approximate surface area is 136 Å². The molecule has 2 saturated carbocycles. The third-order valence-corrected chi connectivity index (χ3v) is 6.94. The minimum atomic E-state index is -0.569. The zero-order valence-electron chi connectivity index (χ0n) is 15.1. The van der Waals surface area contributed by atoms with Crippen molar-refractivity contribution in [2.24, 2.45) is 22.7 Å². The molecule has 0 radical (unpaired) electrons. The summed E-state index contributed by atoms with van der Waals surface area (Å²) >= 11 is 0. The fourth-order valence-corrected chi connectivity index (χ4v) is 5.84. The van der Waals surface area contributed by atoms with Gasteiger partial charge in [-0.15, -0.1) is 0 Å². The van der Waals surface area contributed by atoms with E-state index in [9.17, 15) is 9.90 Å². The van der Waals surface area contributed by atoms with Crippen molar-refractivity contribution < 1.29 is 9.90 Å². The molecule has 0 amide bonds. The number of carbonyl (C=O) groups is 1. The van der Waals surface area contributed by atoms with Gasteiger partial charge in [0, 0.05) is 0 Å². The van der Waals surface area contributed by atoms with Crippen LogP contribution in [0, 0.1) is 22.7 Å². The van der Waals surface area contributed by atoms with Crippen LogP contribution in [0.25, 0.3) is 0 Å². The SMILES string of the molecule is C/C(=C/C=O)CC[C@@H]1[C@@]2(C)CCCC(C)(C)[C@@H]2CC[C@]1(C)O. The van der Waals surface area contributed by atoms with Gasteiger partial charge in [-0.25, -0.2) is 0 Å². The smallest absolute Gasteiger partial charge is 0.142 e. The Kier molecular flexibility index (Phi) is 4.92. The fourth-order valence-electron chi connectivity index (χ4n) is 5.84. The summed E-state index contributed by atoms with van der Waals surface area (Å²) in [5.74, 6) is 1.03. The van der Waals surface area contributed by atoms with Crippen LogP contribution in [0.1, 0.15) is 79.6 Å². The molecule has 2 fully saturated rings. The van der Waals surface area contributed by atoms with Crippen molar-refractivity contribution in [1.29, 1.82) is 0 Å². The Balaban J connectivity index is 2.26. The van der Waals surface area contributed by atoms with E-state index in [0.29, 0.717) is 17.3 Å². The number of hydrogen-bond donors (Lipinski definition) is 1. The number of carbonyl (C=O) groups excluding carboxylic acids is 1. The first-order valence-electron chi connectivity index (χ1n) is 8.97. The van der Waals surface area contributed by atoms with E-state index in [2.05, 4.69) is 20.8 Å². The molecule has 0 aromatic rings. The standard InChI is InChI=1S/C20H34O2/c1-15(10-14-21)7-8-17-19(4)12-6-11-18(2,3)16(19)9-13-20(17,5)22/h10,14,16-17,22H,6-9,11-13H2,1-5H3/b15-10-/t16-,17+,19-,20-/m0/s1. The predicted octanol–water partition coefficient (Wildman–Crippen LogP) is 4.91. The number of rotatable bonds is 4. The molecule has 0 saturated heterocycles. The van der Waals surface area contributed by atoms with Crippen molar-refractivity contribution in [2.75, 3.05) is 0 Å². The lowest BCUT2D eigenvalue weighted by atomic mass is 9.45. The number of fused-ring (bicyclic) bond motifs is 1. The summed E-state index contributed by atoms with van der Waals surface area (Å²) in [5.41, 5.74) is 1.17. The van der Waals surface area contributed by atoms with Crippen LogP contribution < -0.4 is 0 Å². The molecule has 0 aromatic carbocycles. The molecule has 2 aliphatic rings. The molecule has 126 valence electrons. The quantitative estimate of drug-likeness (QED) is 0.592. The van der Waals surface area contributed by atoms with E-state index in [1.807, 2.05) is 13.8 Å². The van der Waals surface area contributed by atoms with Crippen LogP contribution in [0.15, 0.2) is 11.6 Å². The molecular weight excluding hydrogens is 272 g/mol. The molecule has 0 aromatic heterocycles. The Bertz CT molecular complexity index is 447. The molecular formula is C20H34O2. The summed E-state index contributed by atoms with van der Waals surface area (Å²) < 4.78 is 0. The summed E-state index contributed by atoms with van der Waals surface area (Å²) in [4.78, 5) is 10.6. The van der Waals surface area contributed by atoms with Crippen LogP contribution in [0.5, 0.6) is 0 Å². The molecule has 0 bridgehead atoms. The van der Waals surface area contributed by atoms with Gasteiger partial charge in [-0.3, -0.25) is 4.79 Å². The molecule has 2 heteroatoms. The second-order valence-electron chi connectivity index (χ2n) is 9.04. The normalized spacial score (nSPS) is 41.8. The third-order valence-electron chi connectivity index (χ3n) is 6.94. The van der Waals surface area contributed by atoms with Crippen molar-refractivity contribution in [3.8, 4) is 0 Å². The van der Waals surface area contributed by atoms with Crippen LogP contribution >= 0.6 is 0 Å². The van der Waals surface area contributed by atoms with Crippen molar-refractivity contribution in [1.82, 2.24) is 0 Å². The highest BCUT2D eigenvalue weighted by Crippen LogP contribution is 2.62. The van der Waals surface area contributed by atoms with Gasteiger partial charge in [0.2, 0.25) is 0 Å². The zero-order valence-corrected chi connectivity index (χ0v) is 15.1. The number of aliphatic hydroxyl groups is 1. The summed E-state index contributed by atoms with van der Waals surface area (Å²) in [6, 6.07) is 0. The van der Waals surface area contributed by atoms with E-state index in [0.717, 1.165) is 37.5 Å². The highest BCUT2D eigenvalue weighted by atomic mass is 16.3. The summed E-state index contributed by atoms with van der Waals surface area (Å²) in [5, 5.41) is 11.1. The van der Waals surface area contributed by atoms with Gasteiger partial charge in [-0.2, -0.15) is 0 Å². The summed E-state index contributed by atoms with van der Waals surface area (Å²) in [7, 11) is 0. The second kappa shape index (κ2) is 6.11. The summed E-state index contributed by atoms with van der Waals surface area (Å²) in [6.07, 6.45) is 10.3. The maximum Gasteiger partial charge on any atom is 0.142 e. The predicted molar refractivity (Wildman–Crippen MR) is 91.6 cm³/mol. The van der Waals surface area contributed by atoms with E-state index < -0.39 is 5.60 Å². The van der Waals surface area contributed by atoms with Crippen LogP contribution in [-0.2, 0) is 4.79 Å². The van der Waals surface area contributed by atoms with Gasteiger partial charge < -0.3 is 5.11 Å². The van der Waals surface area contributed by atoms with Crippen molar-refractivity contribution >= 4 is 6.29 Å². The van der Waals surface area contributed by atoms with Crippen molar-refractivity contribution in [3.05, 3.63) is 11.6 Å². The third kappa shape index (κ3) is 3.18. The highest BCUT2D eigenvalue weighted by molar-refractivity contribution is 5.65. The Hall–Kier alpha value is -0.630. The largest absolute Gasteiger partial charge is 0.390 e. The minimum absolute atomic E-state index is 0.227. The van der Waals surface area contributed by atoms with Gasteiger partial charge >= 0.3 is 0 Å². The van der Waals surface area contributed by atoms with Gasteiger partial charge in [-0.1, -0.05) is 32.8 Å². The molecule has 22 heavy (non-hydrogen) atoms. The molecule has 2 rings (SSSR count). The number of allylic oxidation sites excluding steroid dienone is 2. The fraction of sp³-hybridized carbons (Fsp3) is 0.850. The van der Waals surface area contributed by atoms with E-state index in [-0.39, 0.29) is 5.41 Å². The molecule has 0 aliphatic heterocycles. The van der Waals surface area contributed by atoms with Gasteiger partial charge in [0.05, 0.1) is 5.60 Å². The second-order valence-corrected chi connectivity index (χ2v) is 9.04. The lowest BCUT2D eigenvalue weighted by molar-refractivity contribution is -0.168. The molecule has 4 atom stereocenters. The van der Waals surface area contributed by atoms with Crippen LogP contribution in [-0.4, -0.2) is 17.0 Å². The van der Waals surface area contributed by atoms with Crippen LogP contribution in [0.3, 0.4) is 0 Å².